The molecule has 2 heterocycles. The van der Waals surface area contributed by atoms with Crippen LogP contribution in [0.2, 0.25) is 0 Å². The number of nitrogens with zero attached hydrogens (tertiary/aromatic N) is 4. The van der Waals surface area contributed by atoms with Gasteiger partial charge in [-0.05, 0) is 56.2 Å². The summed E-state index contributed by atoms with van der Waals surface area (Å²) in [4.78, 5) is 14.5. The average Bonchev–Trinajstić information content (AvgIpc) is 3.44. The third-order valence-electron chi connectivity index (χ3n) is 6.62. The molecule has 0 radical (unpaired) electrons. The van der Waals surface area contributed by atoms with E-state index in [2.05, 4.69) is 55.4 Å². The van der Waals surface area contributed by atoms with E-state index >= 15 is 0 Å². The molecule has 0 atom stereocenters. The molecular formula is C23H30BrN7. The second-order valence-corrected chi connectivity index (χ2v) is 9.81. The first-order valence-corrected chi connectivity index (χ1v) is 12.2. The fourth-order valence-corrected chi connectivity index (χ4v) is 5.05. The molecule has 31 heavy (non-hydrogen) atoms. The van der Waals surface area contributed by atoms with Crippen LogP contribution in [0.25, 0.3) is 11.2 Å². The van der Waals surface area contributed by atoms with E-state index in [1.54, 1.807) is 0 Å². The maximum atomic E-state index is 6.09. The average molecular weight is 484 g/mol. The van der Waals surface area contributed by atoms with Crippen LogP contribution < -0.4 is 16.4 Å². The van der Waals surface area contributed by atoms with E-state index in [1.165, 1.54) is 31.2 Å². The number of hydrogen-bond donors (Lipinski definition) is 3. The van der Waals surface area contributed by atoms with Crippen LogP contribution in [0.1, 0.15) is 63.0 Å². The molecule has 5 rings (SSSR count). The molecule has 164 valence electrons. The van der Waals surface area contributed by atoms with Gasteiger partial charge in [-0.25, -0.2) is 4.98 Å². The molecule has 2 saturated carbocycles. The summed E-state index contributed by atoms with van der Waals surface area (Å²) >= 11 is 3.50. The summed E-state index contributed by atoms with van der Waals surface area (Å²) in [6, 6.07) is 9.52. The zero-order valence-corrected chi connectivity index (χ0v) is 19.3. The molecular weight excluding hydrogens is 454 g/mol. The maximum Gasteiger partial charge on any atom is 0.227 e. The third kappa shape index (κ3) is 4.70. The summed E-state index contributed by atoms with van der Waals surface area (Å²) in [5.74, 6) is 1.48. The van der Waals surface area contributed by atoms with Crippen molar-refractivity contribution >= 4 is 38.9 Å². The lowest BCUT2D eigenvalue weighted by molar-refractivity contribution is 0.410. The smallest absolute Gasteiger partial charge is 0.227 e. The van der Waals surface area contributed by atoms with Crippen LogP contribution in [0.4, 0.5) is 11.8 Å². The van der Waals surface area contributed by atoms with Crippen molar-refractivity contribution in [3.05, 3.63) is 40.6 Å². The Labute approximate surface area is 191 Å². The molecule has 2 aliphatic rings. The van der Waals surface area contributed by atoms with E-state index in [1.807, 2.05) is 6.33 Å². The summed E-state index contributed by atoms with van der Waals surface area (Å²) in [5, 5.41) is 7.09. The summed E-state index contributed by atoms with van der Waals surface area (Å²) in [7, 11) is 0. The Bertz CT molecular complexity index is 1020. The van der Waals surface area contributed by atoms with Crippen molar-refractivity contribution in [2.24, 2.45) is 5.73 Å². The lowest BCUT2D eigenvalue weighted by Crippen LogP contribution is -2.33. The number of halogens is 1. The summed E-state index contributed by atoms with van der Waals surface area (Å²) in [6.07, 6.45) is 11.1. The fraction of sp³-hybridized carbons (Fsp3) is 0.522. The number of rotatable bonds is 6. The van der Waals surface area contributed by atoms with Crippen molar-refractivity contribution in [1.82, 2.24) is 19.5 Å². The van der Waals surface area contributed by atoms with Crippen molar-refractivity contribution in [2.75, 3.05) is 10.6 Å². The Balaban J connectivity index is 1.44. The first-order valence-electron chi connectivity index (χ1n) is 11.4. The molecule has 3 aromatic rings. The predicted molar refractivity (Wildman–Crippen MR) is 128 cm³/mol. The van der Waals surface area contributed by atoms with Crippen molar-refractivity contribution < 1.29 is 0 Å². The molecule has 2 aliphatic carbocycles. The van der Waals surface area contributed by atoms with Crippen LogP contribution in [-0.4, -0.2) is 31.6 Å². The molecule has 2 fully saturated rings. The summed E-state index contributed by atoms with van der Waals surface area (Å²) < 4.78 is 3.34. The van der Waals surface area contributed by atoms with E-state index in [-0.39, 0.29) is 0 Å². The van der Waals surface area contributed by atoms with Crippen LogP contribution in [0.15, 0.2) is 35.1 Å². The van der Waals surface area contributed by atoms with E-state index < -0.39 is 0 Å². The number of nitrogens with one attached hydrogen (secondary N) is 2. The lowest BCUT2D eigenvalue weighted by atomic mass is 9.92. The van der Waals surface area contributed by atoms with Crippen molar-refractivity contribution in [2.45, 2.75) is 76.0 Å². The van der Waals surface area contributed by atoms with Gasteiger partial charge in [-0.1, -0.05) is 40.9 Å². The highest BCUT2D eigenvalue weighted by Crippen LogP contribution is 2.33. The van der Waals surface area contributed by atoms with Crippen molar-refractivity contribution in [3.63, 3.8) is 0 Å². The first-order chi connectivity index (χ1) is 15.2. The van der Waals surface area contributed by atoms with Crippen LogP contribution in [0, 0.1) is 0 Å². The number of aromatic nitrogens is 4. The second kappa shape index (κ2) is 9.12. The Morgan fingerprint density at radius 2 is 1.74 bits per heavy atom. The van der Waals surface area contributed by atoms with E-state index in [0.29, 0.717) is 30.6 Å². The SMILES string of the molecule is NC1CCC(Nc2nc(NCc3ccc(Br)cc3)c3ncn(C4CCCC4)c3n2)CC1. The Kier molecular flexibility index (Phi) is 6.09. The highest BCUT2D eigenvalue weighted by atomic mass is 79.9. The molecule has 4 N–H and O–H groups in total. The minimum Gasteiger partial charge on any atom is -0.364 e. The number of imidazole rings is 1. The molecule has 2 aromatic heterocycles. The number of benzene rings is 1. The normalized spacial score (nSPS) is 22.1. The lowest BCUT2D eigenvalue weighted by Gasteiger charge is -2.27. The van der Waals surface area contributed by atoms with Crippen molar-refractivity contribution in [1.29, 1.82) is 0 Å². The number of fused-ring (bicyclic) bond motifs is 1. The van der Waals surface area contributed by atoms with Gasteiger partial charge in [0.05, 0.1) is 6.33 Å². The van der Waals surface area contributed by atoms with Crippen molar-refractivity contribution in [3.8, 4) is 0 Å². The summed E-state index contributed by atoms with van der Waals surface area (Å²) in [6.45, 7) is 0.688. The van der Waals surface area contributed by atoms with Gasteiger partial charge in [0.25, 0.3) is 0 Å². The maximum absolute atomic E-state index is 6.09. The topological polar surface area (TPSA) is 93.7 Å². The molecule has 0 aliphatic heterocycles. The van der Waals surface area contributed by atoms with Gasteiger partial charge >= 0.3 is 0 Å². The monoisotopic (exact) mass is 483 g/mol. The minimum absolute atomic E-state index is 0.327. The molecule has 1 aromatic carbocycles. The Morgan fingerprint density at radius 1 is 1.00 bits per heavy atom. The number of hydrogen-bond acceptors (Lipinski definition) is 6. The highest BCUT2D eigenvalue weighted by Gasteiger charge is 2.23. The van der Waals surface area contributed by atoms with Gasteiger partial charge in [0, 0.05) is 29.1 Å². The first kappa shape index (κ1) is 20.7. The van der Waals surface area contributed by atoms with Crippen LogP contribution in [0.3, 0.4) is 0 Å². The Morgan fingerprint density at radius 3 is 2.48 bits per heavy atom. The standard InChI is InChI=1S/C23H30BrN7/c24-16-7-5-15(6-8-16)13-26-21-20-22(31(14-27-20)19-3-1-2-4-19)30-23(29-21)28-18-11-9-17(25)10-12-18/h5-8,14,17-19H,1-4,9-13,25H2,(H2,26,28,29,30). The second-order valence-electron chi connectivity index (χ2n) is 8.89. The van der Waals surface area contributed by atoms with Crippen LogP contribution in [-0.2, 0) is 6.54 Å². The molecule has 0 spiro atoms. The van der Waals surface area contributed by atoms with Crippen LogP contribution in [0.5, 0.6) is 0 Å². The molecule has 0 unspecified atom stereocenters. The van der Waals surface area contributed by atoms with Gasteiger partial charge in [-0.2, -0.15) is 9.97 Å². The minimum atomic E-state index is 0.327. The van der Waals surface area contributed by atoms with E-state index in [4.69, 9.17) is 20.7 Å². The molecule has 0 amide bonds. The van der Waals surface area contributed by atoms with E-state index in [9.17, 15) is 0 Å². The van der Waals surface area contributed by atoms with Gasteiger partial charge in [-0.3, -0.25) is 0 Å². The van der Waals surface area contributed by atoms with Gasteiger partial charge in [-0.15, -0.1) is 0 Å². The number of nitrogens with two attached hydrogens (primary N) is 1. The van der Waals surface area contributed by atoms with Gasteiger partial charge in [0.15, 0.2) is 17.0 Å². The predicted octanol–water partition coefficient (Wildman–Crippen LogP) is 5.00. The van der Waals surface area contributed by atoms with E-state index in [0.717, 1.165) is 47.1 Å². The molecule has 8 heteroatoms. The van der Waals surface area contributed by atoms with Crippen LogP contribution >= 0.6 is 15.9 Å². The molecule has 0 saturated heterocycles. The fourth-order valence-electron chi connectivity index (χ4n) is 4.79. The number of anilines is 2. The molecule has 0 bridgehead atoms. The molecule has 7 nitrogen and oxygen atoms in total. The quantitative estimate of drug-likeness (QED) is 0.456. The summed E-state index contributed by atoms with van der Waals surface area (Å²) in [5.41, 5.74) is 9.05. The zero-order chi connectivity index (χ0) is 21.2. The largest absolute Gasteiger partial charge is 0.364 e. The third-order valence-corrected chi connectivity index (χ3v) is 7.15. The van der Waals surface area contributed by atoms with Gasteiger partial charge in [0.1, 0.15) is 0 Å². The van der Waals surface area contributed by atoms with Gasteiger partial charge in [0.2, 0.25) is 5.95 Å². The zero-order valence-electron chi connectivity index (χ0n) is 17.7. The highest BCUT2D eigenvalue weighted by molar-refractivity contribution is 9.10. The Hall–Kier alpha value is -2.19. The van der Waals surface area contributed by atoms with Gasteiger partial charge < -0.3 is 20.9 Å².